The molecule has 0 unspecified atom stereocenters. The van der Waals surface area contributed by atoms with Crippen molar-refractivity contribution in [3.05, 3.63) is 22.7 Å². The molecule has 1 saturated heterocycles. The first kappa shape index (κ1) is 10.8. The maximum atomic E-state index is 11.8. The zero-order valence-electron chi connectivity index (χ0n) is 8.82. The number of nitrogens with zero attached hydrogens (tertiary/aromatic N) is 1. The van der Waals surface area contributed by atoms with E-state index in [4.69, 9.17) is 0 Å². The molecule has 3 N–H and O–H groups in total. The number of piperidine rings is 1. The Bertz CT molecular complexity index is 423. The molecule has 0 aromatic carbocycles. The van der Waals surface area contributed by atoms with Crippen LogP contribution in [0, 0.1) is 5.92 Å². The summed E-state index contributed by atoms with van der Waals surface area (Å²) in [7, 11) is 0. The summed E-state index contributed by atoms with van der Waals surface area (Å²) in [5.41, 5.74) is -0.455. The molecule has 2 rings (SSSR count). The van der Waals surface area contributed by atoms with Gasteiger partial charge in [0.25, 0.3) is 0 Å². The lowest BCUT2D eigenvalue weighted by atomic mass is 9.97. The van der Waals surface area contributed by atoms with E-state index in [1.165, 1.54) is 6.20 Å². The van der Waals surface area contributed by atoms with Gasteiger partial charge in [0.2, 0.25) is 5.91 Å². The van der Waals surface area contributed by atoms with Gasteiger partial charge in [-0.25, -0.2) is 9.78 Å². The number of aromatic amines is 1. The van der Waals surface area contributed by atoms with Crippen molar-refractivity contribution in [2.24, 2.45) is 5.92 Å². The molecule has 86 valence electrons. The molecule has 0 bridgehead atoms. The Morgan fingerprint density at radius 3 is 2.88 bits per heavy atom. The van der Waals surface area contributed by atoms with E-state index in [0.717, 1.165) is 25.9 Å². The maximum Gasteiger partial charge on any atom is 0.346 e. The van der Waals surface area contributed by atoms with Crippen molar-refractivity contribution in [2.75, 3.05) is 18.4 Å². The summed E-state index contributed by atoms with van der Waals surface area (Å²) in [4.78, 5) is 28.7. The second kappa shape index (κ2) is 4.89. The summed E-state index contributed by atoms with van der Waals surface area (Å²) < 4.78 is 0. The number of anilines is 1. The number of carbonyl (C=O) groups is 1. The number of carbonyl (C=O) groups excluding carboxylic acids is 1. The molecule has 0 radical (unpaired) electrons. The van der Waals surface area contributed by atoms with Gasteiger partial charge in [0.15, 0.2) is 0 Å². The Balaban J connectivity index is 1.98. The zero-order valence-corrected chi connectivity index (χ0v) is 8.82. The van der Waals surface area contributed by atoms with Crippen molar-refractivity contribution < 1.29 is 4.79 Å². The van der Waals surface area contributed by atoms with E-state index in [0.29, 0.717) is 5.82 Å². The van der Waals surface area contributed by atoms with E-state index in [9.17, 15) is 9.59 Å². The number of aromatic nitrogens is 2. The molecular formula is C10H14N4O2. The molecule has 2 heterocycles. The largest absolute Gasteiger partial charge is 0.346 e. The highest BCUT2D eigenvalue weighted by molar-refractivity contribution is 5.91. The van der Waals surface area contributed by atoms with Crippen LogP contribution in [-0.4, -0.2) is 29.0 Å². The van der Waals surface area contributed by atoms with Crippen LogP contribution in [0.1, 0.15) is 12.8 Å². The number of nitrogens with one attached hydrogen (secondary N) is 3. The van der Waals surface area contributed by atoms with Gasteiger partial charge in [-0.1, -0.05) is 0 Å². The fourth-order valence-electron chi connectivity index (χ4n) is 1.76. The minimum atomic E-state index is -0.455. The smallest absolute Gasteiger partial charge is 0.317 e. The number of amides is 1. The van der Waals surface area contributed by atoms with Gasteiger partial charge in [-0.15, -0.1) is 0 Å². The Labute approximate surface area is 92.5 Å². The van der Waals surface area contributed by atoms with Crippen molar-refractivity contribution in [3.8, 4) is 0 Å². The Morgan fingerprint density at radius 2 is 2.19 bits per heavy atom. The van der Waals surface area contributed by atoms with Crippen LogP contribution in [0.4, 0.5) is 5.82 Å². The summed E-state index contributed by atoms with van der Waals surface area (Å²) >= 11 is 0. The van der Waals surface area contributed by atoms with Gasteiger partial charge in [-0.3, -0.25) is 9.78 Å². The zero-order chi connectivity index (χ0) is 11.4. The molecule has 0 atom stereocenters. The minimum Gasteiger partial charge on any atom is -0.317 e. The van der Waals surface area contributed by atoms with E-state index in [2.05, 4.69) is 20.6 Å². The van der Waals surface area contributed by atoms with E-state index in [-0.39, 0.29) is 11.8 Å². The Kier molecular flexibility index (Phi) is 3.31. The van der Waals surface area contributed by atoms with Crippen LogP contribution in [-0.2, 0) is 4.79 Å². The van der Waals surface area contributed by atoms with Crippen LogP contribution in [0.5, 0.6) is 0 Å². The van der Waals surface area contributed by atoms with E-state index < -0.39 is 5.69 Å². The van der Waals surface area contributed by atoms with Crippen molar-refractivity contribution in [3.63, 3.8) is 0 Å². The van der Waals surface area contributed by atoms with Crippen molar-refractivity contribution >= 4 is 11.7 Å². The topological polar surface area (TPSA) is 86.9 Å². The maximum absolute atomic E-state index is 11.8. The molecule has 6 heteroatoms. The summed E-state index contributed by atoms with van der Waals surface area (Å²) in [6.07, 6.45) is 3.04. The van der Waals surface area contributed by atoms with Gasteiger partial charge in [0.05, 0.1) is 0 Å². The molecule has 1 aromatic rings. The number of rotatable bonds is 2. The average molecular weight is 222 g/mol. The third-order valence-corrected chi connectivity index (χ3v) is 2.64. The van der Waals surface area contributed by atoms with Crippen LogP contribution in [0.3, 0.4) is 0 Å². The lowest BCUT2D eigenvalue weighted by Crippen LogP contribution is -2.35. The van der Waals surface area contributed by atoms with Crippen LogP contribution < -0.4 is 16.3 Å². The quantitative estimate of drug-likeness (QED) is 0.641. The molecular weight excluding hydrogens is 208 g/mol. The minimum absolute atomic E-state index is 0.0258. The third kappa shape index (κ3) is 2.66. The van der Waals surface area contributed by atoms with Crippen LogP contribution in [0.15, 0.2) is 17.1 Å². The Hall–Kier alpha value is -1.69. The summed E-state index contributed by atoms with van der Waals surface area (Å²) in [6.45, 7) is 1.73. The number of hydrogen-bond donors (Lipinski definition) is 3. The van der Waals surface area contributed by atoms with E-state index in [1.54, 1.807) is 6.07 Å². The molecule has 1 aliphatic rings. The van der Waals surface area contributed by atoms with Gasteiger partial charge in [-0.05, 0) is 32.0 Å². The van der Waals surface area contributed by atoms with Crippen LogP contribution >= 0.6 is 0 Å². The molecule has 1 aromatic heterocycles. The van der Waals surface area contributed by atoms with Gasteiger partial charge >= 0.3 is 5.69 Å². The molecule has 1 amide bonds. The number of H-pyrrole nitrogens is 1. The predicted molar refractivity (Wildman–Crippen MR) is 59.1 cm³/mol. The molecule has 0 saturated carbocycles. The van der Waals surface area contributed by atoms with Crippen LogP contribution in [0.2, 0.25) is 0 Å². The van der Waals surface area contributed by atoms with Gasteiger partial charge in [-0.2, -0.15) is 0 Å². The first-order chi connectivity index (χ1) is 7.75. The molecule has 0 aliphatic carbocycles. The highest BCUT2D eigenvalue weighted by Gasteiger charge is 2.20. The normalized spacial score (nSPS) is 17.0. The monoisotopic (exact) mass is 222 g/mol. The molecule has 6 nitrogen and oxygen atoms in total. The van der Waals surface area contributed by atoms with Gasteiger partial charge in [0.1, 0.15) is 5.82 Å². The summed E-state index contributed by atoms with van der Waals surface area (Å²) in [5.74, 6) is 0.393. The summed E-state index contributed by atoms with van der Waals surface area (Å²) in [6, 6.07) is 1.57. The SMILES string of the molecule is O=C(Nc1ccnc(=O)[nH]1)C1CCNCC1. The van der Waals surface area contributed by atoms with Gasteiger partial charge in [0, 0.05) is 12.1 Å². The van der Waals surface area contributed by atoms with Crippen LogP contribution in [0.25, 0.3) is 0 Å². The lowest BCUT2D eigenvalue weighted by Gasteiger charge is -2.21. The first-order valence-corrected chi connectivity index (χ1v) is 5.32. The number of hydrogen-bond acceptors (Lipinski definition) is 4. The molecule has 0 spiro atoms. The van der Waals surface area contributed by atoms with Crippen molar-refractivity contribution in [1.29, 1.82) is 0 Å². The fraction of sp³-hybridized carbons (Fsp3) is 0.500. The van der Waals surface area contributed by atoms with E-state index >= 15 is 0 Å². The van der Waals surface area contributed by atoms with Crippen molar-refractivity contribution in [1.82, 2.24) is 15.3 Å². The standard InChI is InChI=1S/C10H14N4O2/c15-9(7-1-4-11-5-2-7)13-8-3-6-12-10(16)14-8/h3,6-7,11H,1-2,4-5H2,(H2,12,13,14,15,16). The van der Waals surface area contributed by atoms with E-state index in [1.807, 2.05) is 0 Å². The summed E-state index contributed by atoms with van der Waals surface area (Å²) in [5, 5.41) is 5.88. The predicted octanol–water partition coefficient (Wildman–Crippen LogP) is -0.292. The third-order valence-electron chi connectivity index (χ3n) is 2.64. The second-order valence-corrected chi connectivity index (χ2v) is 3.80. The Morgan fingerprint density at radius 1 is 1.44 bits per heavy atom. The second-order valence-electron chi connectivity index (χ2n) is 3.80. The lowest BCUT2D eigenvalue weighted by molar-refractivity contribution is -0.120. The first-order valence-electron chi connectivity index (χ1n) is 5.32. The molecule has 1 fully saturated rings. The average Bonchev–Trinajstić information content (AvgIpc) is 2.30. The highest BCUT2D eigenvalue weighted by atomic mass is 16.2. The van der Waals surface area contributed by atoms with Gasteiger partial charge < -0.3 is 10.6 Å². The fourth-order valence-corrected chi connectivity index (χ4v) is 1.76. The molecule has 1 aliphatic heterocycles. The molecule has 16 heavy (non-hydrogen) atoms. The van der Waals surface area contributed by atoms with Crippen molar-refractivity contribution in [2.45, 2.75) is 12.8 Å². The highest BCUT2D eigenvalue weighted by Crippen LogP contribution is 2.13.